The molecule has 4 atom stereocenters. The highest BCUT2D eigenvalue weighted by molar-refractivity contribution is 7.92. The first-order chi connectivity index (χ1) is 25.2. The SMILES string of the molecule is C=C(C(C)C)[C@H]1CCN(C(=O)[C@@H](NC(=O)NC2(CS(=O)(=O)C3(C)CCOCC3)CCCCC2)C(C)(C)C)[C@@H]1C(=O)N[C@@H](CCCC)C(=O)C(=O)NC1CC1. The Morgan fingerprint density at radius 3 is 2.13 bits per heavy atom. The number of sulfone groups is 1. The third-order valence-corrected chi connectivity index (χ3v) is 15.0. The molecule has 0 radical (unpaired) electrons. The van der Waals surface area contributed by atoms with Crippen LogP contribution in [-0.2, 0) is 33.8 Å². The van der Waals surface area contributed by atoms with Crippen LogP contribution in [0.4, 0.5) is 4.79 Å². The highest BCUT2D eigenvalue weighted by Gasteiger charge is 2.50. The summed E-state index contributed by atoms with van der Waals surface area (Å²) in [4.78, 5) is 70.6. The normalized spacial score (nSPS) is 23.9. The molecule has 0 aromatic heterocycles. The van der Waals surface area contributed by atoms with E-state index in [1.54, 1.807) is 6.92 Å². The van der Waals surface area contributed by atoms with Crippen molar-refractivity contribution in [1.82, 2.24) is 26.2 Å². The first-order valence-corrected chi connectivity index (χ1v) is 21.9. The van der Waals surface area contributed by atoms with Gasteiger partial charge in [-0.3, -0.25) is 19.2 Å². The fourth-order valence-corrected chi connectivity index (χ4v) is 10.4. The topological polar surface area (TPSA) is 180 Å². The number of hydrogen-bond donors (Lipinski definition) is 4. The zero-order chi connectivity index (χ0) is 40.1. The van der Waals surface area contributed by atoms with Gasteiger partial charge in [0.2, 0.25) is 17.6 Å². The van der Waals surface area contributed by atoms with E-state index < -0.39 is 79.1 Å². The minimum absolute atomic E-state index is 0.0101. The third kappa shape index (κ3) is 10.6. The Bertz CT molecular complexity index is 1510. The van der Waals surface area contributed by atoms with Crippen molar-refractivity contribution in [1.29, 1.82) is 0 Å². The molecule has 306 valence electrons. The van der Waals surface area contributed by atoms with Crippen molar-refractivity contribution in [2.24, 2.45) is 17.3 Å². The Hall–Kier alpha value is -3.00. The van der Waals surface area contributed by atoms with Crippen LogP contribution >= 0.6 is 0 Å². The largest absolute Gasteiger partial charge is 0.381 e. The number of nitrogens with one attached hydrogen (secondary N) is 4. The zero-order valence-corrected chi connectivity index (χ0v) is 34.6. The molecule has 0 spiro atoms. The molecule has 5 amide bonds. The number of unbranched alkanes of at least 4 members (excludes halogenated alkanes) is 1. The molecule has 54 heavy (non-hydrogen) atoms. The van der Waals surface area contributed by atoms with Gasteiger partial charge in [0.15, 0.2) is 9.84 Å². The van der Waals surface area contributed by atoms with E-state index in [4.69, 9.17) is 4.74 Å². The lowest BCUT2D eigenvalue weighted by Gasteiger charge is -2.42. The summed E-state index contributed by atoms with van der Waals surface area (Å²) in [6.45, 7) is 18.4. The van der Waals surface area contributed by atoms with Crippen LogP contribution in [0.1, 0.15) is 132 Å². The third-order valence-electron chi connectivity index (χ3n) is 12.1. The van der Waals surface area contributed by atoms with E-state index in [-0.39, 0.29) is 30.7 Å². The Kier molecular flexibility index (Phi) is 14.5. The van der Waals surface area contributed by atoms with Crippen molar-refractivity contribution in [3.63, 3.8) is 0 Å². The van der Waals surface area contributed by atoms with Crippen molar-refractivity contribution in [2.75, 3.05) is 25.5 Å². The molecule has 2 aliphatic heterocycles. The van der Waals surface area contributed by atoms with Crippen LogP contribution in [0, 0.1) is 17.3 Å². The summed E-state index contributed by atoms with van der Waals surface area (Å²) < 4.78 is 32.4. The number of nitrogens with zero attached hydrogens (tertiary/aromatic N) is 1. The molecule has 0 aromatic carbocycles. The maximum absolute atomic E-state index is 14.7. The van der Waals surface area contributed by atoms with Gasteiger partial charge in [-0.25, -0.2) is 13.2 Å². The van der Waals surface area contributed by atoms with Gasteiger partial charge in [-0.15, -0.1) is 0 Å². The first-order valence-electron chi connectivity index (χ1n) is 20.3. The minimum Gasteiger partial charge on any atom is -0.381 e. The molecule has 0 unspecified atom stereocenters. The Morgan fingerprint density at radius 1 is 0.944 bits per heavy atom. The molecule has 13 nitrogen and oxygen atoms in total. The molecule has 4 fully saturated rings. The number of amides is 5. The fraction of sp³-hybridized carbons (Fsp3) is 0.825. The van der Waals surface area contributed by atoms with Crippen LogP contribution in [0.5, 0.6) is 0 Å². The number of ether oxygens (including phenoxy) is 1. The van der Waals surface area contributed by atoms with Crippen LogP contribution in [0.15, 0.2) is 12.2 Å². The van der Waals surface area contributed by atoms with E-state index in [9.17, 15) is 32.4 Å². The number of carbonyl (C=O) groups excluding carboxylic acids is 5. The van der Waals surface area contributed by atoms with Crippen molar-refractivity contribution in [2.45, 2.75) is 166 Å². The van der Waals surface area contributed by atoms with Gasteiger partial charge in [0.25, 0.3) is 5.91 Å². The van der Waals surface area contributed by atoms with E-state index in [1.807, 2.05) is 41.5 Å². The highest BCUT2D eigenvalue weighted by Crippen LogP contribution is 2.38. The van der Waals surface area contributed by atoms with E-state index in [2.05, 4.69) is 27.8 Å². The lowest BCUT2D eigenvalue weighted by Crippen LogP contribution is -2.64. The summed E-state index contributed by atoms with van der Waals surface area (Å²) in [6, 6.07) is -3.79. The number of hydrogen-bond acceptors (Lipinski definition) is 8. The number of ketones is 1. The summed E-state index contributed by atoms with van der Waals surface area (Å²) in [5, 5.41) is 11.6. The number of rotatable bonds is 16. The molecule has 2 saturated heterocycles. The number of carbonyl (C=O) groups is 5. The van der Waals surface area contributed by atoms with Crippen LogP contribution in [-0.4, -0.2) is 103 Å². The van der Waals surface area contributed by atoms with Crippen molar-refractivity contribution in [3.8, 4) is 0 Å². The minimum atomic E-state index is -3.64. The summed E-state index contributed by atoms with van der Waals surface area (Å²) in [5.41, 5.74) is -0.995. The molecule has 4 N–H and O–H groups in total. The molecule has 4 aliphatic rings. The summed E-state index contributed by atoms with van der Waals surface area (Å²) in [6.07, 6.45) is 8.04. The molecule has 2 aliphatic carbocycles. The van der Waals surface area contributed by atoms with Crippen LogP contribution in [0.25, 0.3) is 0 Å². The molecule has 0 bridgehead atoms. The van der Waals surface area contributed by atoms with Crippen LogP contribution < -0.4 is 21.3 Å². The lowest BCUT2D eigenvalue weighted by atomic mass is 9.83. The standard InChI is InChI=1S/C40H67N5O8S/c1-9-10-14-30(32(46)35(48)41-28-15-16-28)42-34(47)31-29(27(4)26(2)3)17-22-45(31)36(49)33(38(5,6)7)43-37(50)44-40(18-12-11-13-19-40)25-54(51,52)39(8)20-23-53-24-21-39/h26,28-31,33H,4,9-25H2,1-3,5-8H3,(H,41,48)(H,42,47)(H2,43,44,50)/t29-,30+,31+,33-/m1/s1. The van der Waals surface area contributed by atoms with E-state index in [1.165, 1.54) is 4.90 Å². The van der Waals surface area contributed by atoms with Crippen LogP contribution in [0.2, 0.25) is 0 Å². The Morgan fingerprint density at radius 2 is 1.57 bits per heavy atom. The molecular weight excluding hydrogens is 711 g/mol. The molecular formula is C40H67N5O8S. The predicted octanol–water partition coefficient (Wildman–Crippen LogP) is 4.34. The van der Waals surface area contributed by atoms with Crippen molar-refractivity contribution >= 4 is 39.4 Å². The van der Waals surface area contributed by atoms with E-state index in [0.29, 0.717) is 51.7 Å². The van der Waals surface area contributed by atoms with E-state index >= 15 is 0 Å². The Balaban J connectivity index is 1.58. The van der Waals surface area contributed by atoms with Gasteiger partial charge in [-0.05, 0) is 69.6 Å². The fourth-order valence-electron chi connectivity index (χ4n) is 8.17. The van der Waals surface area contributed by atoms with Crippen LogP contribution in [0.3, 0.4) is 0 Å². The average molecular weight is 778 g/mol. The highest BCUT2D eigenvalue weighted by atomic mass is 32.2. The first kappa shape index (κ1) is 43.7. The molecule has 4 rings (SSSR count). The molecule has 14 heteroatoms. The van der Waals surface area contributed by atoms with E-state index in [0.717, 1.165) is 44.1 Å². The quantitative estimate of drug-likeness (QED) is 0.132. The summed E-state index contributed by atoms with van der Waals surface area (Å²) in [5.74, 6) is -3.00. The molecule has 2 saturated carbocycles. The molecule has 0 aromatic rings. The monoisotopic (exact) mass is 777 g/mol. The van der Waals surface area contributed by atoms with Gasteiger partial charge in [-0.1, -0.05) is 85.8 Å². The second-order valence-electron chi connectivity index (χ2n) is 18.0. The van der Waals surface area contributed by atoms with Gasteiger partial charge in [0.1, 0.15) is 12.1 Å². The maximum atomic E-state index is 14.7. The second-order valence-corrected chi connectivity index (χ2v) is 20.5. The van der Waals surface area contributed by atoms with Crippen molar-refractivity contribution in [3.05, 3.63) is 12.2 Å². The van der Waals surface area contributed by atoms with Gasteiger partial charge in [0, 0.05) is 31.7 Å². The molecule has 2 heterocycles. The number of urea groups is 1. The number of Topliss-reactive ketones (excluding diaryl/α,β-unsaturated/α-hetero) is 1. The zero-order valence-electron chi connectivity index (χ0n) is 33.8. The van der Waals surface area contributed by atoms with Gasteiger partial charge in [0.05, 0.1) is 22.1 Å². The maximum Gasteiger partial charge on any atom is 0.315 e. The average Bonchev–Trinajstić information content (AvgIpc) is 3.80. The van der Waals surface area contributed by atoms with Gasteiger partial charge >= 0.3 is 6.03 Å². The van der Waals surface area contributed by atoms with Gasteiger partial charge in [-0.2, -0.15) is 0 Å². The number of likely N-dealkylation sites (tertiary alicyclic amines) is 1. The Labute approximate surface area is 323 Å². The lowest BCUT2D eigenvalue weighted by molar-refractivity contribution is -0.144. The second kappa shape index (κ2) is 17.9. The predicted molar refractivity (Wildman–Crippen MR) is 208 cm³/mol. The summed E-state index contributed by atoms with van der Waals surface area (Å²) >= 11 is 0. The smallest absolute Gasteiger partial charge is 0.315 e. The summed E-state index contributed by atoms with van der Waals surface area (Å²) in [7, 11) is -3.64. The van der Waals surface area contributed by atoms with Gasteiger partial charge < -0.3 is 30.9 Å². The van der Waals surface area contributed by atoms with Crippen molar-refractivity contribution < 1.29 is 37.1 Å².